The number of carboxylic acids is 1. The number of guanidine groups is 1. The molecule has 9 heteroatoms. The second-order valence-electron chi connectivity index (χ2n) is 8.02. The van der Waals surface area contributed by atoms with E-state index < -0.39 is 29.4 Å². The standard InChI is InChI=1S/C19H27N3O6/c1-11-8-9-12(14(23)24)10-13(11)20-15(21-16(25)27-18(2,3)4)22-17(26)28-19(5,6)7/h8-10H,1-7H3,(H,23,24)(H2,20,21,22,25,26). The molecule has 154 valence electrons. The number of aryl methyl sites for hydroxylation is 1. The van der Waals surface area contributed by atoms with E-state index in [1.807, 2.05) is 0 Å². The summed E-state index contributed by atoms with van der Waals surface area (Å²) >= 11 is 0. The number of ether oxygens (including phenoxy) is 2. The predicted molar refractivity (Wildman–Crippen MR) is 104 cm³/mol. The van der Waals surface area contributed by atoms with Crippen LogP contribution in [0.2, 0.25) is 0 Å². The van der Waals surface area contributed by atoms with Crippen molar-refractivity contribution in [2.75, 3.05) is 0 Å². The van der Waals surface area contributed by atoms with Crippen LogP contribution in [-0.2, 0) is 9.47 Å². The quantitative estimate of drug-likeness (QED) is 0.519. The van der Waals surface area contributed by atoms with Gasteiger partial charge in [0.2, 0.25) is 5.96 Å². The molecule has 2 amide bonds. The third kappa shape index (κ3) is 8.52. The molecule has 9 nitrogen and oxygen atoms in total. The van der Waals surface area contributed by atoms with Crippen molar-refractivity contribution in [1.82, 2.24) is 10.6 Å². The van der Waals surface area contributed by atoms with Gasteiger partial charge in [-0.15, -0.1) is 0 Å². The Morgan fingerprint density at radius 2 is 1.39 bits per heavy atom. The number of hydrogen-bond donors (Lipinski definition) is 3. The lowest BCUT2D eigenvalue weighted by molar-refractivity contribution is 0.0543. The highest BCUT2D eigenvalue weighted by atomic mass is 16.6. The summed E-state index contributed by atoms with van der Waals surface area (Å²) in [6, 6.07) is 4.32. The van der Waals surface area contributed by atoms with Crippen molar-refractivity contribution < 1.29 is 29.0 Å². The zero-order valence-corrected chi connectivity index (χ0v) is 17.2. The number of carboxylic acid groups (broad SMARTS) is 1. The van der Waals surface area contributed by atoms with Crippen LogP contribution in [0.3, 0.4) is 0 Å². The van der Waals surface area contributed by atoms with Crippen molar-refractivity contribution >= 4 is 29.8 Å². The van der Waals surface area contributed by atoms with Crippen LogP contribution in [-0.4, -0.2) is 40.4 Å². The SMILES string of the molecule is Cc1ccc(C(=O)O)cc1N=C(NC(=O)OC(C)(C)C)NC(=O)OC(C)(C)C. The molecule has 0 saturated heterocycles. The molecule has 0 aliphatic rings. The number of amides is 2. The fraction of sp³-hybridized carbons (Fsp3) is 0.474. The van der Waals surface area contributed by atoms with Crippen LogP contribution < -0.4 is 10.6 Å². The molecule has 1 aromatic rings. The molecule has 0 aromatic heterocycles. The minimum atomic E-state index is -1.13. The smallest absolute Gasteiger partial charge is 0.414 e. The first-order valence-corrected chi connectivity index (χ1v) is 8.59. The summed E-state index contributed by atoms with van der Waals surface area (Å²) in [5.41, 5.74) is -0.625. The summed E-state index contributed by atoms with van der Waals surface area (Å²) in [5, 5.41) is 13.8. The fourth-order valence-corrected chi connectivity index (χ4v) is 1.87. The third-order valence-electron chi connectivity index (χ3n) is 2.93. The normalized spacial score (nSPS) is 11.2. The van der Waals surface area contributed by atoms with Crippen LogP contribution in [0.5, 0.6) is 0 Å². The van der Waals surface area contributed by atoms with Crippen molar-refractivity contribution in [3.05, 3.63) is 29.3 Å². The highest BCUT2D eigenvalue weighted by molar-refractivity contribution is 6.02. The first-order valence-electron chi connectivity index (χ1n) is 8.59. The van der Waals surface area contributed by atoms with Gasteiger partial charge in [-0.1, -0.05) is 6.07 Å². The van der Waals surface area contributed by atoms with E-state index in [4.69, 9.17) is 14.6 Å². The number of nitrogens with one attached hydrogen (secondary N) is 2. The van der Waals surface area contributed by atoms with E-state index >= 15 is 0 Å². The number of hydrogen-bond acceptors (Lipinski definition) is 6. The van der Waals surface area contributed by atoms with E-state index in [-0.39, 0.29) is 17.2 Å². The van der Waals surface area contributed by atoms with E-state index in [0.717, 1.165) is 0 Å². The molecule has 0 radical (unpaired) electrons. The maximum absolute atomic E-state index is 12.1. The van der Waals surface area contributed by atoms with Gasteiger partial charge < -0.3 is 14.6 Å². The van der Waals surface area contributed by atoms with E-state index in [1.54, 1.807) is 54.5 Å². The van der Waals surface area contributed by atoms with E-state index in [9.17, 15) is 14.4 Å². The molecule has 0 aliphatic carbocycles. The minimum absolute atomic E-state index is 0.0123. The maximum atomic E-state index is 12.1. The average Bonchev–Trinajstić information content (AvgIpc) is 2.44. The largest absolute Gasteiger partial charge is 0.478 e. The molecule has 0 unspecified atom stereocenters. The van der Waals surface area contributed by atoms with Gasteiger partial charge in [-0.2, -0.15) is 0 Å². The van der Waals surface area contributed by atoms with Crippen LogP contribution in [0, 0.1) is 6.92 Å². The lowest BCUT2D eigenvalue weighted by Crippen LogP contribution is -2.47. The lowest BCUT2D eigenvalue weighted by atomic mass is 10.1. The Morgan fingerprint density at radius 1 is 0.929 bits per heavy atom. The molecule has 0 saturated carbocycles. The molecule has 3 N–H and O–H groups in total. The number of alkyl carbamates (subject to hydrolysis) is 2. The highest BCUT2D eigenvalue weighted by Gasteiger charge is 2.21. The van der Waals surface area contributed by atoms with Gasteiger partial charge in [0.15, 0.2) is 0 Å². The van der Waals surface area contributed by atoms with Gasteiger partial charge >= 0.3 is 18.2 Å². The van der Waals surface area contributed by atoms with Crippen molar-refractivity contribution in [2.45, 2.75) is 59.7 Å². The molecular formula is C19H27N3O6. The molecule has 0 fully saturated rings. The number of aliphatic imine (C=N–C) groups is 1. The molecular weight excluding hydrogens is 366 g/mol. The lowest BCUT2D eigenvalue weighted by Gasteiger charge is -2.22. The van der Waals surface area contributed by atoms with Gasteiger partial charge in [0.05, 0.1) is 11.3 Å². The van der Waals surface area contributed by atoms with E-state index in [1.165, 1.54) is 12.1 Å². The number of nitrogens with zero attached hydrogens (tertiary/aromatic N) is 1. The zero-order chi connectivity index (χ0) is 21.7. The highest BCUT2D eigenvalue weighted by Crippen LogP contribution is 2.20. The molecule has 1 rings (SSSR count). The summed E-state index contributed by atoms with van der Waals surface area (Å²) in [4.78, 5) is 39.5. The van der Waals surface area contributed by atoms with Gasteiger partial charge in [-0.05, 0) is 66.2 Å². The molecule has 0 spiro atoms. The number of rotatable bonds is 2. The second-order valence-corrected chi connectivity index (χ2v) is 8.02. The Bertz CT molecular complexity index is 756. The Kier molecular flexibility index (Phi) is 7.15. The van der Waals surface area contributed by atoms with Gasteiger partial charge in [-0.3, -0.25) is 10.6 Å². The van der Waals surface area contributed by atoms with Crippen LogP contribution in [0.1, 0.15) is 57.5 Å². The number of aromatic carboxylic acids is 1. The Balaban J connectivity index is 3.20. The van der Waals surface area contributed by atoms with Crippen LogP contribution in [0.25, 0.3) is 0 Å². The summed E-state index contributed by atoms with van der Waals surface area (Å²) < 4.78 is 10.3. The van der Waals surface area contributed by atoms with Crippen molar-refractivity contribution in [3.63, 3.8) is 0 Å². The van der Waals surface area contributed by atoms with Crippen LogP contribution in [0.15, 0.2) is 23.2 Å². The first kappa shape index (κ1) is 22.9. The summed E-state index contributed by atoms with van der Waals surface area (Å²) in [7, 11) is 0. The number of carbonyl (C=O) groups excluding carboxylic acids is 2. The molecule has 0 bridgehead atoms. The van der Waals surface area contributed by atoms with Crippen molar-refractivity contribution in [3.8, 4) is 0 Å². The Morgan fingerprint density at radius 3 is 1.79 bits per heavy atom. The van der Waals surface area contributed by atoms with Gasteiger partial charge in [0.25, 0.3) is 0 Å². The molecule has 0 aliphatic heterocycles. The third-order valence-corrected chi connectivity index (χ3v) is 2.93. The van der Waals surface area contributed by atoms with Crippen LogP contribution >= 0.6 is 0 Å². The molecule has 28 heavy (non-hydrogen) atoms. The maximum Gasteiger partial charge on any atom is 0.414 e. The number of carbonyl (C=O) groups is 3. The fourth-order valence-electron chi connectivity index (χ4n) is 1.87. The second kappa shape index (κ2) is 8.73. The van der Waals surface area contributed by atoms with Crippen molar-refractivity contribution in [2.24, 2.45) is 4.99 Å². The molecule has 0 heterocycles. The van der Waals surface area contributed by atoms with Gasteiger partial charge in [0.1, 0.15) is 11.2 Å². The Hall–Kier alpha value is -3.10. The van der Waals surface area contributed by atoms with E-state index in [0.29, 0.717) is 5.56 Å². The topological polar surface area (TPSA) is 126 Å². The molecule has 1 aromatic carbocycles. The Labute approximate surface area is 164 Å². The van der Waals surface area contributed by atoms with E-state index in [2.05, 4.69) is 15.6 Å². The zero-order valence-electron chi connectivity index (χ0n) is 17.2. The van der Waals surface area contributed by atoms with Gasteiger partial charge in [0, 0.05) is 0 Å². The molecule has 0 atom stereocenters. The summed E-state index contributed by atoms with van der Waals surface area (Å²) in [6.45, 7) is 11.8. The monoisotopic (exact) mass is 393 g/mol. The van der Waals surface area contributed by atoms with Gasteiger partial charge in [-0.25, -0.2) is 19.4 Å². The van der Waals surface area contributed by atoms with Crippen LogP contribution in [0.4, 0.5) is 15.3 Å². The average molecular weight is 393 g/mol. The summed E-state index contributed by atoms with van der Waals surface area (Å²) in [5.74, 6) is -1.38. The minimum Gasteiger partial charge on any atom is -0.478 e. The predicted octanol–water partition coefficient (Wildman–Crippen LogP) is 3.73. The summed E-state index contributed by atoms with van der Waals surface area (Å²) in [6.07, 6.45) is -1.68. The first-order chi connectivity index (χ1) is 12.7. The van der Waals surface area contributed by atoms with Crippen molar-refractivity contribution in [1.29, 1.82) is 0 Å². The number of benzene rings is 1.